The van der Waals surface area contributed by atoms with Gasteiger partial charge in [0.25, 0.3) is 5.92 Å². The van der Waals surface area contributed by atoms with Crippen molar-refractivity contribution in [2.75, 3.05) is 5.32 Å². The molecule has 0 aliphatic heterocycles. The minimum absolute atomic E-state index is 0.140. The topological polar surface area (TPSA) is 54.9 Å². The number of carbonyl (C=O) groups excluding carboxylic acids is 1. The summed E-state index contributed by atoms with van der Waals surface area (Å²) in [4.78, 5) is 12.4. The van der Waals surface area contributed by atoms with Gasteiger partial charge in [-0.1, -0.05) is 29.9 Å². The average Bonchev–Trinajstić information content (AvgIpc) is 2.96. The number of fused-ring (bicyclic) bond motifs is 1. The fourth-order valence-electron chi connectivity index (χ4n) is 3.76. The Hall–Kier alpha value is -2.10. The smallest absolute Gasteiger partial charge is 0.300 e. The second-order valence-electron chi connectivity index (χ2n) is 6.82. The molecule has 0 bridgehead atoms. The van der Waals surface area contributed by atoms with Gasteiger partial charge in [-0.15, -0.1) is 10.2 Å². The maximum atomic E-state index is 13.7. The maximum Gasteiger partial charge on any atom is 0.416 e. The standard InChI is InChI=1S/C17H14F5N3OS/c18-16(19)11-3-1-2-10(12(11)16)13(26)23-15-25-24-14(27-15)8-4-6-9(7-5-8)17(20,21)22/h4-7,10-12H,1-3H2,(H,23,25,26). The third kappa shape index (κ3) is 3.30. The largest absolute Gasteiger partial charge is 0.416 e. The van der Waals surface area contributed by atoms with Crippen molar-refractivity contribution in [3.05, 3.63) is 29.8 Å². The summed E-state index contributed by atoms with van der Waals surface area (Å²) >= 11 is 0.983. The fraction of sp³-hybridized carbons (Fsp3) is 0.471. The molecule has 1 aromatic heterocycles. The van der Waals surface area contributed by atoms with Crippen molar-refractivity contribution in [2.24, 2.45) is 17.8 Å². The lowest BCUT2D eigenvalue weighted by Crippen LogP contribution is -2.27. The molecule has 2 aliphatic carbocycles. The first kappa shape index (κ1) is 18.3. The van der Waals surface area contributed by atoms with Crippen LogP contribution in [-0.4, -0.2) is 22.0 Å². The zero-order valence-corrected chi connectivity index (χ0v) is 14.6. The first-order valence-corrected chi connectivity index (χ1v) is 9.19. The van der Waals surface area contributed by atoms with Gasteiger partial charge in [0.15, 0.2) is 0 Å². The first-order chi connectivity index (χ1) is 12.7. The lowest BCUT2D eigenvalue weighted by Gasteiger charge is -2.18. The summed E-state index contributed by atoms with van der Waals surface area (Å²) in [5, 5.41) is 10.7. The van der Waals surface area contributed by atoms with Crippen LogP contribution >= 0.6 is 11.3 Å². The number of rotatable bonds is 3. The number of halogens is 5. The molecule has 2 aromatic rings. The van der Waals surface area contributed by atoms with E-state index in [0.29, 0.717) is 29.8 Å². The third-order valence-corrected chi connectivity index (χ3v) is 6.07. The van der Waals surface area contributed by atoms with Gasteiger partial charge < -0.3 is 5.32 Å². The molecule has 0 saturated heterocycles. The van der Waals surface area contributed by atoms with E-state index in [1.807, 2.05) is 0 Å². The molecule has 1 heterocycles. The van der Waals surface area contributed by atoms with Crippen LogP contribution in [0.15, 0.2) is 24.3 Å². The molecule has 2 aliphatic rings. The monoisotopic (exact) mass is 403 g/mol. The van der Waals surface area contributed by atoms with Crippen LogP contribution in [0.4, 0.5) is 27.1 Å². The molecule has 0 radical (unpaired) electrons. The van der Waals surface area contributed by atoms with Gasteiger partial charge in [-0.2, -0.15) is 13.2 Å². The maximum absolute atomic E-state index is 13.7. The number of aromatic nitrogens is 2. The molecule has 1 amide bonds. The van der Waals surface area contributed by atoms with Crippen molar-refractivity contribution >= 4 is 22.4 Å². The Morgan fingerprint density at radius 2 is 1.85 bits per heavy atom. The Morgan fingerprint density at radius 1 is 1.15 bits per heavy atom. The van der Waals surface area contributed by atoms with E-state index in [1.165, 1.54) is 12.1 Å². The number of amides is 1. The van der Waals surface area contributed by atoms with Crippen LogP contribution in [0.1, 0.15) is 24.8 Å². The normalized spacial score (nSPS) is 26.3. The number of anilines is 1. The predicted molar refractivity (Wildman–Crippen MR) is 88.2 cm³/mol. The van der Waals surface area contributed by atoms with Gasteiger partial charge in [-0.05, 0) is 25.0 Å². The molecule has 27 heavy (non-hydrogen) atoms. The summed E-state index contributed by atoms with van der Waals surface area (Å²) in [5.74, 6) is -5.65. The van der Waals surface area contributed by atoms with Crippen LogP contribution in [0, 0.1) is 17.8 Å². The SMILES string of the molecule is O=C(Nc1nnc(-c2ccc(C(F)(F)F)cc2)s1)C1CCCC2C1C2(F)F. The number of alkyl halides is 5. The Kier molecular flexibility index (Phi) is 4.21. The van der Waals surface area contributed by atoms with Gasteiger partial charge in [0, 0.05) is 23.3 Å². The van der Waals surface area contributed by atoms with Crippen LogP contribution in [0.3, 0.4) is 0 Å². The van der Waals surface area contributed by atoms with Crippen molar-refractivity contribution in [3.8, 4) is 10.6 Å². The van der Waals surface area contributed by atoms with E-state index in [0.717, 1.165) is 23.5 Å². The molecule has 10 heteroatoms. The molecular formula is C17H14F5N3OS. The second-order valence-corrected chi connectivity index (χ2v) is 7.80. The molecule has 0 spiro atoms. The van der Waals surface area contributed by atoms with Crippen molar-refractivity contribution < 1.29 is 26.7 Å². The molecule has 3 unspecified atom stereocenters. The molecule has 1 N–H and O–H groups in total. The van der Waals surface area contributed by atoms with Crippen LogP contribution in [0.5, 0.6) is 0 Å². The van der Waals surface area contributed by atoms with Gasteiger partial charge in [0.1, 0.15) is 5.01 Å². The highest BCUT2D eigenvalue weighted by atomic mass is 32.1. The Balaban J connectivity index is 1.45. The summed E-state index contributed by atoms with van der Waals surface area (Å²) in [6.07, 6.45) is -2.99. The van der Waals surface area contributed by atoms with Gasteiger partial charge >= 0.3 is 6.18 Å². The molecule has 2 fully saturated rings. The number of nitrogens with one attached hydrogen (secondary N) is 1. The number of nitrogens with zero attached hydrogens (tertiary/aromatic N) is 2. The Labute approximate surface area is 154 Å². The van der Waals surface area contributed by atoms with E-state index in [1.54, 1.807) is 0 Å². The van der Waals surface area contributed by atoms with E-state index >= 15 is 0 Å². The molecule has 2 saturated carbocycles. The highest BCUT2D eigenvalue weighted by molar-refractivity contribution is 7.18. The number of benzene rings is 1. The lowest BCUT2D eigenvalue weighted by molar-refractivity contribution is -0.137. The molecule has 3 atom stereocenters. The van der Waals surface area contributed by atoms with Crippen molar-refractivity contribution in [3.63, 3.8) is 0 Å². The van der Waals surface area contributed by atoms with Gasteiger partial charge in [0.2, 0.25) is 11.0 Å². The third-order valence-electron chi connectivity index (χ3n) is 5.18. The lowest BCUT2D eigenvalue weighted by atomic mass is 9.88. The van der Waals surface area contributed by atoms with Crippen LogP contribution in [0.2, 0.25) is 0 Å². The van der Waals surface area contributed by atoms with E-state index < -0.39 is 41.3 Å². The molecule has 1 aromatic carbocycles. The van der Waals surface area contributed by atoms with E-state index in [2.05, 4.69) is 15.5 Å². The minimum atomic E-state index is -4.43. The van der Waals surface area contributed by atoms with E-state index in [4.69, 9.17) is 0 Å². The van der Waals surface area contributed by atoms with E-state index in [-0.39, 0.29) is 5.13 Å². The van der Waals surface area contributed by atoms with Gasteiger partial charge in [-0.25, -0.2) is 8.78 Å². The summed E-state index contributed by atoms with van der Waals surface area (Å²) in [6, 6.07) is 4.41. The van der Waals surface area contributed by atoms with E-state index in [9.17, 15) is 26.7 Å². The Morgan fingerprint density at radius 3 is 2.52 bits per heavy atom. The number of hydrogen-bond acceptors (Lipinski definition) is 4. The van der Waals surface area contributed by atoms with Crippen molar-refractivity contribution in [2.45, 2.75) is 31.4 Å². The first-order valence-electron chi connectivity index (χ1n) is 8.38. The zero-order valence-electron chi connectivity index (χ0n) is 13.8. The fourth-order valence-corrected chi connectivity index (χ4v) is 4.51. The number of hydrogen-bond donors (Lipinski definition) is 1. The summed E-state index contributed by atoms with van der Waals surface area (Å²) < 4.78 is 65.2. The molecular weight excluding hydrogens is 389 g/mol. The molecule has 4 rings (SSSR count). The van der Waals surface area contributed by atoms with Crippen LogP contribution in [-0.2, 0) is 11.0 Å². The predicted octanol–water partition coefficient (Wildman–Crippen LogP) is 4.84. The minimum Gasteiger partial charge on any atom is -0.300 e. The van der Waals surface area contributed by atoms with Crippen LogP contribution < -0.4 is 5.32 Å². The van der Waals surface area contributed by atoms with Gasteiger partial charge in [0.05, 0.1) is 5.56 Å². The van der Waals surface area contributed by atoms with Crippen LogP contribution in [0.25, 0.3) is 10.6 Å². The molecule has 4 nitrogen and oxygen atoms in total. The summed E-state index contributed by atoms with van der Waals surface area (Å²) in [7, 11) is 0. The molecule has 144 valence electrons. The highest BCUT2D eigenvalue weighted by Gasteiger charge is 2.72. The summed E-state index contributed by atoms with van der Waals surface area (Å²) in [6.45, 7) is 0. The second kappa shape index (κ2) is 6.22. The highest BCUT2D eigenvalue weighted by Crippen LogP contribution is 2.64. The average molecular weight is 403 g/mol. The number of carbonyl (C=O) groups is 1. The zero-order chi connectivity index (χ0) is 19.4. The summed E-state index contributed by atoms with van der Waals surface area (Å²) in [5.41, 5.74) is -0.353. The van der Waals surface area contributed by atoms with Crippen molar-refractivity contribution in [1.29, 1.82) is 0 Å². The van der Waals surface area contributed by atoms with Gasteiger partial charge in [-0.3, -0.25) is 4.79 Å². The quantitative estimate of drug-likeness (QED) is 0.746. The Bertz CT molecular complexity index is 864. The van der Waals surface area contributed by atoms with Crippen molar-refractivity contribution in [1.82, 2.24) is 10.2 Å².